The highest BCUT2D eigenvalue weighted by atomic mass is 16.6. The maximum atomic E-state index is 11.9. The molecule has 1 amide bonds. The van der Waals surface area contributed by atoms with Crippen LogP contribution in [0.1, 0.15) is 57.9 Å². The van der Waals surface area contributed by atoms with Gasteiger partial charge in [0.2, 0.25) is 0 Å². The first-order valence-electron chi connectivity index (χ1n) is 8.78. The van der Waals surface area contributed by atoms with Gasteiger partial charge in [-0.15, -0.1) is 0 Å². The average Bonchev–Trinajstić information content (AvgIpc) is 2.61. The third-order valence-electron chi connectivity index (χ3n) is 3.62. The Balaban J connectivity index is 2.37. The number of unbranched alkanes of at least 4 members (excludes halogenated alkanes) is 2. The van der Waals surface area contributed by atoms with Gasteiger partial charge in [-0.2, -0.15) is 0 Å². The van der Waals surface area contributed by atoms with Gasteiger partial charge in [-0.05, 0) is 18.4 Å². The fraction of sp³-hybridized carbons (Fsp3) is 0.579. The average molecular weight is 335 g/mol. The van der Waals surface area contributed by atoms with E-state index in [-0.39, 0.29) is 25.2 Å². The number of hydrogen-bond donors (Lipinski definition) is 1. The van der Waals surface area contributed by atoms with E-state index in [1.165, 1.54) is 0 Å². The number of amides is 1. The minimum atomic E-state index is -0.482. The van der Waals surface area contributed by atoms with Crippen LogP contribution in [0.2, 0.25) is 0 Å². The van der Waals surface area contributed by atoms with Crippen LogP contribution in [0.15, 0.2) is 30.3 Å². The van der Waals surface area contributed by atoms with Crippen LogP contribution >= 0.6 is 0 Å². The molecule has 0 fully saturated rings. The molecular formula is C19H29NO4. The van der Waals surface area contributed by atoms with Gasteiger partial charge in [0.25, 0.3) is 0 Å². The summed E-state index contributed by atoms with van der Waals surface area (Å²) in [5.41, 5.74) is 0.934. The summed E-state index contributed by atoms with van der Waals surface area (Å²) in [6.45, 7) is 4.53. The van der Waals surface area contributed by atoms with Gasteiger partial charge in [-0.25, -0.2) is 4.79 Å². The maximum absolute atomic E-state index is 11.9. The second-order valence-corrected chi connectivity index (χ2v) is 5.83. The van der Waals surface area contributed by atoms with Gasteiger partial charge in [0.1, 0.15) is 13.2 Å². The standard InChI is InChI=1S/C19H29NO4/c1-3-5-12-17(15-23-18(21)13-6-4-2)20-19(22)24-14-16-10-8-7-9-11-16/h7-11,17H,3-6,12-15H2,1-2H3,(H,20,22). The van der Waals surface area contributed by atoms with Crippen LogP contribution in [0.25, 0.3) is 0 Å². The molecule has 1 aromatic carbocycles. The van der Waals surface area contributed by atoms with Crippen molar-refractivity contribution in [1.82, 2.24) is 5.32 Å². The molecule has 0 bridgehead atoms. The molecule has 5 nitrogen and oxygen atoms in total. The lowest BCUT2D eigenvalue weighted by Crippen LogP contribution is -2.39. The van der Waals surface area contributed by atoms with Crippen molar-refractivity contribution in [3.05, 3.63) is 35.9 Å². The molecule has 0 saturated carbocycles. The quantitative estimate of drug-likeness (QED) is 0.615. The fourth-order valence-corrected chi connectivity index (χ4v) is 2.17. The van der Waals surface area contributed by atoms with Gasteiger partial charge >= 0.3 is 12.1 Å². The molecule has 0 radical (unpaired) electrons. The van der Waals surface area contributed by atoms with Crippen molar-refractivity contribution in [2.24, 2.45) is 0 Å². The smallest absolute Gasteiger partial charge is 0.407 e. The highest BCUT2D eigenvalue weighted by Gasteiger charge is 2.15. The largest absolute Gasteiger partial charge is 0.463 e. The summed E-state index contributed by atoms with van der Waals surface area (Å²) < 4.78 is 10.5. The minimum absolute atomic E-state index is 0.197. The normalized spacial score (nSPS) is 11.6. The Morgan fingerprint density at radius 2 is 1.75 bits per heavy atom. The van der Waals surface area contributed by atoms with Crippen LogP contribution in [0.5, 0.6) is 0 Å². The minimum Gasteiger partial charge on any atom is -0.463 e. The number of esters is 1. The summed E-state index contributed by atoms with van der Waals surface area (Å²) in [4.78, 5) is 23.5. The lowest BCUT2D eigenvalue weighted by molar-refractivity contribution is -0.144. The number of ether oxygens (including phenoxy) is 2. The molecule has 0 aromatic heterocycles. The third-order valence-corrected chi connectivity index (χ3v) is 3.62. The van der Waals surface area contributed by atoms with Crippen LogP contribution in [0.3, 0.4) is 0 Å². The van der Waals surface area contributed by atoms with Gasteiger partial charge < -0.3 is 14.8 Å². The van der Waals surface area contributed by atoms with Crippen molar-refractivity contribution in [2.75, 3.05) is 6.61 Å². The van der Waals surface area contributed by atoms with Crippen molar-refractivity contribution in [3.63, 3.8) is 0 Å². The number of benzene rings is 1. The van der Waals surface area contributed by atoms with Gasteiger partial charge in [-0.3, -0.25) is 4.79 Å². The Morgan fingerprint density at radius 3 is 2.42 bits per heavy atom. The van der Waals surface area contributed by atoms with Gasteiger partial charge in [0.15, 0.2) is 0 Å². The molecule has 1 N–H and O–H groups in total. The monoisotopic (exact) mass is 335 g/mol. The first kappa shape index (κ1) is 20.0. The molecule has 0 aliphatic rings. The molecule has 1 unspecified atom stereocenters. The molecule has 1 rings (SSSR count). The Kier molecular flexibility index (Phi) is 10.3. The summed E-state index contributed by atoms with van der Waals surface area (Å²) in [7, 11) is 0. The number of hydrogen-bond acceptors (Lipinski definition) is 4. The zero-order valence-electron chi connectivity index (χ0n) is 14.8. The molecule has 0 spiro atoms. The zero-order valence-corrected chi connectivity index (χ0v) is 14.8. The van der Waals surface area contributed by atoms with E-state index >= 15 is 0 Å². The molecule has 5 heteroatoms. The maximum Gasteiger partial charge on any atom is 0.407 e. The van der Waals surface area contributed by atoms with E-state index in [0.29, 0.717) is 6.42 Å². The zero-order chi connectivity index (χ0) is 17.6. The second kappa shape index (κ2) is 12.4. The Hall–Kier alpha value is -2.04. The predicted molar refractivity (Wildman–Crippen MR) is 93.6 cm³/mol. The number of nitrogens with one attached hydrogen (secondary N) is 1. The van der Waals surface area contributed by atoms with Crippen LogP contribution in [0.4, 0.5) is 4.79 Å². The molecule has 134 valence electrons. The lowest BCUT2D eigenvalue weighted by atomic mass is 10.1. The van der Waals surface area contributed by atoms with Crippen LogP contribution in [0, 0.1) is 0 Å². The van der Waals surface area contributed by atoms with E-state index in [4.69, 9.17) is 9.47 Å². The molecule has 24 heavy (non-hydrogen) atoms. The van der Waals surface area contributed by atoms with Crippen LogP contribution < -0.4 is 5.32 Å². The molecule has 1 atom stereocenters. The topological polar surface area (TPSA) is 64.6 Å². The van der Waals surface area contributed by atoms with E-state index in [1.54, 1.807) is 0 Å². The molecular weight excluding hydrogens is 306 g/mol. The van der Waals surface area contributed by atoms with Crippen molar-refractivity contribution >= 4 is 12.1 Å². The number of rotatable bonds is 11. The molecule has 0 aliphatic carbocycles. The fourth-order valence-electron chi connectivity index (χ4n) is 2.17. The van der Waals surface area contributed by atoms with Gasteiger partial charge in [0.05, 0.1) is 6.04 Å². The lowest BCUT2D eigenvalue weighted by Gasteiger charge is -2.18. The number of carbonyl (C=O) groups excluding carboxylic acids is 2. The second-order valence-electron chi connectivity index (χ2n) is 5.83. The van der Waals surface area contributed by atoms with Crippen molar-refractivity contribution in [3.8, 4) is 0 Å². The van der Waals surface area contributed by atoms with E-state index in [2.05, 4.69) is 12.2 Å². The number of alkyl carbamates (subject to hydrolysis) is 1. The van der Waals surface area contributed by atoms with Crippen LogP contribution in [-0.4, -0.2) is 24.7 Å². The molecule has 0 saturated heterocycles. The van der Waals surface area contributed by atoms with Crippen molar-refractivity contribution < 1.29 is 19.1 Å². The van der Waals surface area contributed by atoms with Gasteiger partial charge in [0, 0.05) is 6.42 Å². The first-order valence-corrected chi connectivity index (χ1v) is 8.78. The van der Waals surface area contributed by atoms with Gasteiger partial charge in [-0.1, -0.05) is 63.4 Å². The van der Waals surface area contributed by atoms with E-state index in [1.807, 2.05) is 37.3 Å². The number of carbonyl (C=O) groups is 2. The van der Waals surface area contributed by atoms with E-state index in [9.17, 15) is 9.59 Å². The summed E-state index contributed by atoms with van der Waals surface area (Å²) in [5, 5.41) is 2.80. The summed E-state index contributed by atoms with van der Waals surface area (Å²) in [6, 6.07) is 9.30. The summed E-state index contributed by atoms with van der Waals surface area (Å²) in [6.07, 6.45) is 4.46. The molecule has 0 aliphatic heterocycles. The highest BCUT2D eigenvalue weighted by molar-refractivity contribution is 5.69. The van der Waals surface area contributed by atoms with Crippen molar-refractivity contribution in [2.45, 2.75) is 65.0 Å². The molecule has 0 heterocycles. The predicted octanol–water partition coefficient (Wildman–Crippen LogP) is 4.21. The first-order chi connectivity index (χ1) is 11.7. The Morgan fingerprint density at radius 1 is 1.04 bits per heavy atom. The Bertz CT molecular complexity index is 476. The SMILES string of the molecule is CCCCC(=O)OCC(CCCC)NC(=O)OCc1ccccc1. The third kappa shape index (κ3) is 9.18. The van der Waals surface area contributed by atoms with E-state index in [0.717, 1.165) is 37.7 Å². The highest BCUT2D eigenvalue weighted by Crippen LogP contribution is 2.05. The summed E-state index contributed by atoms with van der Waals surface area (Å²) in [5.74, 6) is -0.210. The van der Waals surface area contributed by atoms with E-state index < -0.39 is 6.09 Å². The Labute approximate surface area is 144 Å². The molecule has 1 aromatic rings. The van der Waals surface area contributed by atoms with Crippen molar-refractivity contribution in [1.29, 1.82) is 0 Å². The summed E-state index contributed by atoms with van der Waals surface area (Å²) >= 11 is 0. The van der Waals surface area contributed by atoms with Crippen LogP contribution in [-0.2, 0) is 20.9 Å².